The third-order valence-corrected chi connectivity index (χ3v) is 3.69. The predicted molar refractivity (Wildman–Crippen MR) is 80.9 cm³/mol. The molecule has 2 N–H and O–H groups in total. The minimum absolute atomic E-state index is 0.0597. The zero-order valence-corrected chi connectivity index (χ0v) is 12.3. The van der Waals surface area contributed by atoms with Crippen LogP contribution in [0.2, 0.25) is 0 Å². The zero-order chi connectivity index (χ0) is 15.3. The first-order valence-electron chi connectivity index (χ1n) is 7.00. The first-order valence-corrected chi connectivity index (χ1v) is 7.00. The molecule has 1 aromatic carbocycles. The first-order chi connectivity index (χ1) is 10.1. The van der Waals surface area contributed by atoms with Crippen molar-refractivity contribution in [3.05, 3.63) is 28.3 Å². The molecule has 21 heavy (non-hydrogen) atoms. The number of methoxy groups -OCH3 is 1. The Bertz CT molecular complexity index is 501. The maximum absolute atomic E-state index is 11.3. The van der Waals surface area contributed by atoms with Crippen LogP contribution >= 0.6 is 0 Å². The number of hydrogen-bond acceptors (Lipinski definition) is 6. The van der Waals surface area contributed by atoms with Crippen LogP contribution in [0.15, 0.2) is 18.2 Å². The highest BCUT2D eigenvalue weighted by molar-refractivity contribution is 5.76. The Kier molecular flexibility index (Phi) is 4.98. The Balaban J connectivity index is 2.19. The molecule has 0 spiro atoms. The average Bonchev–Trinajstić information content (AvgIpc) is 2.95. The lowest BCUT2D eigenvalue weighted by atomic mass is 10.0. The van der Waals surface area contributed by atoms with E-state index in [-0.39, 0.29) is 10.6 Å². The predicted octanol–water partition coefficient (Wildman–Crippen LogP) is 2.24. The Labute approximate surface area is 123 Å². The molecular weight excluding hydrogens is 274 g/mol. The molecule has 0 aromatic heterocycles. The maximum Gasteiger partial charge on any atom is 0.315 e. The Morgan fingerprint density at radius 1 is 1.43 bits per heavy atom. The molecule has 1 unspecified atom stereocenters. The molecule has 1 aliphatic heterocycles. The molecule has 0 radical (unpaired) electrons. The number of anilines is 2. The number of rotatable bonds is 7. The van der Waals surface area contributed by atoms with Crippen molar-refractivity contribution in [1.82, 2.24) is 0 Å². The number of para-hydroxylation sites is 1. The number of nitro benzene ring substituents is 1. The normalized spacial score (nSPS) is 21.2. The highest BCUT2D eigenvalue weighted by Crippen LogP contribution is 2.33. The van der Waals surface area contributed by atoms with E-state index in [2.05, 4.69) is 10.6 Å². The fraction of sp³-hybridized carbons (Fsp3) is 0.571. The molecule has 2 rings (SSSR count). The lowest BCUT2D eigenvalue weighted by Crippen LogP contribution is -2.39. The highest BCUT2D eigenvalue weighted by Gasteiger charge is 2.35. The standard InChI is InChI=1S/C14H21N3O4/c1-3-15-11-5-4-6-12(13(11)17(18)19)16-9-14(20-2)7-8-21-10-14/h4-6,15-16H,3,7-10H2,1-2H3. The number of nitrogens with one attached hydrogen (secondary N) is 2. The van der Waals surface area contributed by atoms with Gasteiger partial charge in [0.2, 0.25) is 0 Å². The number of hydrogen-bond donors (Lipinski definition) is 2. The largest absolute Gasteiger partial charge is 0.380 e. The van der Waals surface area contributed by atoms with Gasteiger partial charge in [0.1, 0.15) is 17.0 Å². The van der Waals surface area contributed by atoms with Crippen LogP contribution in [-0.4, -0.2) is 43.9 Å². The molecular formula is C14H21N3O4. The molecule has 1 saturated heterocycles. The van der Waals surface area contributed by atoms with Crippen LogP contribution in [0.4, 0.5) is 17.1 Å². The Morgan fingerprint density at radius 3 is 2.67 bits per heavy atom. The van der Waals surface area contributed by atoms with E-state index in [4.69, 9.17) is 9.47 Å². The second-order valence-corrected chi connectivity index (χ2v) is 5.03. The van der Waals surface area contributed by atoms with Gasteiger partial charge in [-0.3, -0.25) is 10.1 Å². The van der Waals surface area contributed by atoms with E-state index in [1.807, 2.05) is 6.92 Å². The van der Waals surface area contributed by atoms with Crippen LogP contribution in [0.25, 0.3) is 0 Å². The molecule has 1 aromatic rings. The van der Waals surface area contributed by atoms with Gasteiger partial charge in [-0.2, -0.15) is 0 Å². The molecule has 7 nitrogen and oxygen atoms in total. The summed E-state index contributed by atoms with van der Waals surface area (Å²) in [5, 5.41) is 17.5. The summed E-state index contributed by atoms with van der Waals surface area (Å²) in [6.45, 7) is 4.14. The summed E-state index contributed by atoms with van der Waals surface area (Å²) in [6.07, 6.45) is 0.775. The maximum atomic E-state index is 11.3. The van der Waals surface area contributed by atoms with E-state index in [0.717, 1.165) is 6.42 Å². The second-order valence-electron chi connectivity index (χ2n) is 5.03. The lowest BCUT2D eigenvalue weighted by molar-refractivity contribution is -0.383. The molecule has 1 heterocycles. The Hall–Kier alpha value is -1.86. The first kappa shape index (κ1) is 15.5. The molecule has 1 aliphatic rings. The fourth-order valence-electron chi connectivity index (χ4n) is 2.43. The van der Waals surface area contributed by atoms with Gasteiger partial charge in [-0.15, -0.1) is 0 Å². The number of ether oxygens (including phenoxy) is 2. The Morgan fingerprint density at radius 2 is 2.14 bits per heavy atom. The van der Waals surface area contributed by atoms with Crippen LogP contribution in [-0.2, 0) is 9.47 Å². The lowest BCUT2D eigenvalue weighted by Gasteiger charge is -2.26. The van der Waals surface area contributed by atoms with Gasteiger partial charge in [0.25, 0.3) is 0 Å². The summed E-state index contributed by atoms with van der Waals surface area (Å²) < 4.78 is 10.9. The van der Waals surface area contributed by atoms with Crippen LogP contribution in [0.5, 0.6) is 0 Å². The van der Waals surface area contributed by atoms with E-state index < -0.39 is 5.60 Å². The van der Waals surface area contributed by atoms with E-state index in [9.17, 15) is 10.1 Å². The summed E-state index contributed by atoms with van der Waals surface area (Å²) in [4.78, 5) is 11.0. The van der Waals surface area contributed by atoms with Gasteiger partial charge in [-0.25, -0.2) is 0 Å². The van der Waals surface area contributed by atoms with Gasteiger partial charge in [-0.05, 0) is 19.1 Å². The van der Waals surface area contributed by atoms with Crippen LogP contribution in [0.3, 0.4) is 0 Å². The topological polar surface area (TPSA) is 85.7 Å². The van der Waals surface area contributed by atoms with Crippen molar-refractivity contribution in [3.63, 3.8) is 0 Å². The average molecular weight is 295 g/mol. The molecule has 0 aliphatic carbocycles. The monoisotopic (exact) mass is 295 g/mol. The van der Waals surface area contributed by atoms with E-state index >= 15 is 0 Å². The smallest absolute Gasteiger partial charge is 0.315 e. The molecule has 0 amide bonds. The van der Waals surface area contributed by atoms with E-state index in [1.165, 1.54) is 0 Å². The molecule has 0 bridgehead atoms. The van der Waals surface area contributed by atoms with Crippen molar-refractivity contribution >= 4 is 17.1 Å². The van der Waals surface area contributed by atoms with Gasteiger partial charge in [0.15, 0.2) is 0 Å². The summed E-state index contributed by atoms with van der Waals surface area (Å²) in [5.41, 5.74) is 0.648. The minimum Gasteiger partial charge on any atom is -0.380 e. The van der Waals surface area contributed by atoms with Gasteiger partial charge < -0.3 is 20.1 Å². The SMILES string of the molecule is CCNc1cccc(NCC2(OC)CCOC2)c1[N+](=O)[O-]. The van der Waals surface area contributed by atoms with Crippen molar-refractivity contribution in [2.75, 3.05) is 44.0 Å². The second kappa shape index (κ2) is 6.73. The summed E-state index contributed by atoms with van der Waals surface area (Å²) in [6, 6.07) is 5.20. The minimum atomic E-state index is -0.415. The molecule has 7 heteroatoms. The van der Waals surface area contributed by atoms with Crippen molar-refractivity contribution in [2.45, 2.75) is 18.9 Å². The van der Waals surface area contributed by atoms with Crippen LogP contribution in [0, 0.1) is 10.1 Å². The summed E-state index contributed by atoms with van der Waals surface area (Å²) in [5.74, 6) is 0. The van der Waals surface area contributed by atoms with Crippen molar-refractivity contribution in [2.24, 2.45) is 0 Å². The van der Waals surface area contributed by atoms with Crippen molar-refractivity contribution in [3.8, 4) is 0 Å². The summed E-state index contributed by atoms with van der Waals surface area (Å²) in [7, 11) is 1.64. The van der Waals surface area contributed by atoms with Crippen molar-refractivity contribution < 1.29 is 14.4 Å². The molecule has 0 saturated carbocycles. The highest BCUT2D eigenvalue weighted by atomic mass is 16.6. The van der Waals surface area contributed by atoms with Gasteiger partial charge in [-0.1, -0.05) is 6.07 Å². The molecule has 1 atom stereocenters. The van der Waals surface area contributed by atoms with E-state index in [0.29, 0.717) is 37.7 Å². The quantitative estimate of drug-likeness (QED) is 0.592. The number of benzene rings is 1. The third kappa shape index (κ3) is 3.43. The fourth-order valence-corrected chi connectivity index (χ4v) is 2.43. The van der Waals surface area contributed by atoms with Crippen molar-refractivity contribution in [1.29, 1.82) is 0 Å². The third-order valence-electron chi connectivity index (χ3n) is 3.69. The summed E-state index contributed by atoms with van der Waals surface area (Å²) >= 11 is 0. The zero-order valence-electron chi connectivity index (χ0n) is 12.3. The van der Waals surface area contributed by atoms with Gasteiger partial charge in [0, 0.05) is 33.2 Å². The number of nitrogens with zero attached hydrogens (tertiary/aromatic N) is 1. The molecule has 1 fully saturated rings. The van der Waals surface area contributed by atoms with Gasteiger partial charge in [0.05, 0.1) is 11.5 Å². The molecule has 116 valence electrons. The van der Waals surface area contributed by atoms with E-state index in [1.54, 1.807) is 25.3 Å². The number of nitro groups is 1. The van der Waals surface area contributed by atoms with Gasteiger partial charge >= 0.3 is 5.69 Å². The van der Waals surface area contributed by atoms with Crippen LogP contribution < -0.4 is 10.6 Å². The van der Waals surface area contributed by atoms with Crippen LogP contribution in [0.1, 0.15) is 13.3 Å².